The average molecular weight is 366 g/mol. The van der Waals surface area contributed by atoms with Crippen molar-refractivity contribution in [3.63, 3.8) is 0 Å². The summed E-state index contributed by atoms with van der Waals surface area (Å²) in [5.74, 6) is 0.323. The number of rotatable bonds is 4. The monoisotopic (exact) mass is 366 g/mol. The van der Waals surface area contributed by atoms with E-state index in [-0.39, 0.29) is 11.0 Å². The van der Waals surface area contributed by atoms with Gasteiger partial charge in [-0.3, -0.25) is 4.79 Å². The van der Waals surface area contributed by atoms with Crippen LogP contribution in [0.4, 0.5) is 0 Å². The standard InChI is InChI=1S/C22H26N2O3/c1-26-19-9-8-16(20(23)25)12-18(19)22(17-6-3-2-4-7-17)13-21(27-15-22)10-5-11-24-14-21/h2-4,6-9,12,24H,5,10-11,13-15H2,1H3,(H2,23,25). The van der Waals surface area contributed by atoms with Crippen LogP contribution in [0.1, 0.15) is 40.7 Å². The summed E-state index contributed by atoms with van der Waals surface area (Å²) in [6, 6.07) is 15.8. The van der Waals surface area contributed by atoms with Gasteiger partial charge in [0.25, 0.3) is 0 Å². The van der Waals surface area contributed by atoms with E-state index in [0.29, 0.717) is 12.2 Å². The number of carbonyl (C=O) groups excluding carboxylic acids is 1. The largest absolute Gasteiger partial charge is 0.496 e. The molecule has 1 amide bonds. The number of hydrogen-bond donors (Lipinski definition) is 2. The van der Waals surface area contributed by atoms with Crippen LogP contribution >= 0.6 is 0 Å². The molecule has 4 rings (SSSR count). The maximum Gasteiger partial charge on any atom is 0.248 e. The molecular weight excluding hydrogens is 340 g/mol. The molecule has 5 heteroatoms. The van der Waals surface area contributed by atoms with Crippen LogP contribution in [-0.2, 0) is 10.2 Å². The maximum atomic E-state index is 11.8. The number of methoxy groups -OCH3 is 1. The lowest BCUT2D eigenvalue weighted by atomic mass is 9.69. The van der Waals surface area contributed by atoms with Gasteiger partial charge in [-0.05, 0) is 49.6 Å². The topological polar surface area (TPSA) is 73.6 Å². The highest BCUT2D eigenvalue weighted by Crippen LogP contribution is 2.51. The van der Waals surface area contributed by atoms with Crippen LogP contribution in [0, 0.1) is 0 Å². The van der Waals surface area contributed by atoms with Crippen LogP contribution in [0.15, 0.2) is 48.5 Å². The van der Waals surface area contributed by atoms with E-state index in [1.54, 1.807) is 13.2 Å². The van der Waals surface area contributed by atoms with Crippen molar-refractivity contribution in [2.24, 2.45) is 5.73 Å². The molecule has 5 nitrogen and oxygen atoms in total. The number of nitrogens with two attached hydrogens (primary N) is 1. The third kappa shape index (κ3) is 3.11. The lowest BCUT2D eigenvalue weighted by molar-refractivity contribution is -0.0144. The van der Waals surface area contributed by atoms with Crippen LogP contribution in [0.5, 0.6) is 5.75 Å². The second-order valence-corrected chi connectivity index (χ2v) is 7.66. The number of piperidine rings is 1. The van der Waals surface area contributed by atoms with Crippen molar-refractivity contribution >= 4 is 5.91 Å². The van der Waals surface area contributed by atoms with E-state index >= 15 is 0 Å². The third-order valence-corrected chi connectivity index (χ3v) is 6.01. The van der Waals surface area contributed by atoms with Crippen molar-refractivity contribution in [1.82, 2.24) is 5.32 Å². The summed E-state index contributed by atoms with van der Waals surface area (Å²) < 4.78 is 12.2. The summed E-state index contributed by atoms with van der Waals surface area (Å²) in [7, 11) is 1.66. The van der Waals surface area contributed by atoms with Crippen molar-refractivity contribution in [3.05, 3.63) is 65.2 Å². The first kappa shape index (κ1) is 18.0. The van der Waals surface area contributed by atoms with Gasteiger partial charge in [0.2, 0.25) is 5.91 Å². The van der Waals surface area contributed by atoms with E-state index in [1.165, 1.54) is 5.56 Å². The molecule has 2 aliphatic heterocycles. The van der Waals surface area contributed by atoms with Gasteiger partial charge in [-0.1, -0.05) is 30.3 Å². The van der Waals surface area contributed by atoms with Crippen molar-refractivity contribution in [2.75, 3.05) is 26.8 Å². The maximum absolute atomic E-state index is 11.8. The number of hydrogen-bond acceptors (Lipinski definition) is 4. The molecule has 0 aromatic heterocycles. The number of benzene rings is 2. The zero-order valence-electron chi connectivity index (χ0n) is 15.7. The van der Waals surface area contributed by atoms with E-state index in [9.17, 15) is 4.79 Å². The summed E-state index contributed by atoms with van der Waals surface area (Å²) in [4.78, 5) is 11.8. The Labute approximate surface area is 159 Å². The van der Waals surface area contributed by atoms with E-state index in [0.717, 1.165) is 43.7 Å². The Bertz CT molecular complexity index is 831. The minimum Gasteiger partial charge on any atom is -0.496 e. The molecule has 2 heterocycles. The Morgan fingerprint density at radius 3 is 2.70 bits per heavy atom. The first-order valence-electron chi connectivity index (χ1n) is 9.47. The quantitative estimate of drug-likeness (QED) is 0.872. The minimum absolute atomic E-state index is 0.193. The number of primary amides is 1. The summed E-state index contributed by atoms with van der Waals surface area (Å²) in [6.07, 6.45) is 2.98. The Balaban J connectivity index is 1.88. The Kier molecular flexibility index (Phi) is 4.66. The molecule has 0 radical (unpaired) electrons. The third-order valence-electron chi connectivity index (χ3n) is 6.01. The SMILES string of the molecule is COc1ccc(C(N)=O)cc1C1(c2ccccc2)COC2(CCCNC2)C1. The molecule has 2 aliphatic rings. The molecule has 0 aliphatic carbocycles. The Morgan fingerprint density at radius 1 is 1.22 bits per heavy atom. The molecular formula is C22H26N2O3. The van der Waals surface area contributed by atoms with E-state index in [4.69, 9.17) is 15.2 Å². The molecule has 2 aromatic rings. The molecule has 3 N–H and O–H groups in total. The zero-order valence-corrected chi connectivity index (χ0v) is 15.7. The molecule has 2 fully saturated rings. The first-order valence-corrected chi connectivity index (χ1v) is 9.47. The highest BCUT2D eigenvalue weighted by Gasteiger charge is 2.52. The molecule has 0 bridgehead atoms. The fourth-order valence-corrected chi connectivity index (χ4v) is 4.65. The van der Waals surface area contributed by atoms with Crippen LogP contribution < -0.4 is 15.8 Å². The Hall–Kier alpha value is -2.37. The Morgan fingerprint density at radius 2 is 2.04 bits per heavy atom. The molecule has 1 spiro atoms. The van der Waals surface area contributed by atoms with Gasteiger partial charge in [-0.2, -0.15) is 0 Å². The molecule has 142 valence electrons. The lowest BCUT2D eigenvalue weighted by Gasteiger charge is -2.36. The molecule has 2 unspecified atom stereocenters. The lowest BCUT2D eigenvalue weighted by Crippen LogP contribution is -2.46. The smallest absolute Gasteiger partial charge is 0.248 e. The van der Waals surface area contributed by atoms with Gasteiger partial charge in [0.15, 0.2) is 0 Å². The van der Waals surface area contributed by atoms with E-state index in [1.807, 2.05) is 30.3 Å². The normalized spacial score (nSPS) is 27.6. The second kappa shape index (κ2) is 6.98. The van der Waals surface area contributed by atoms with E-state index in [2.05, 4.69) is 17.4 Å². The first-order chi connectivity index (χ1) is 13.1. The van der Waals surface area contributed by atoms with Gasteiger partial charge in [0, 0.05) is 17.7 Å². The van der Waals surface area contributed by atoms with Gasteiger partial charge in [-0.25, -0.2) is 0 Å². The number of amides is 1. The van der Waals surface area contributed by atoms with Crippen molar-refractivity contribution in [3.8, 4) is 5.75 Å². The summed E-state index contributed by atoms with van der Waals surface area (Å²) >= 11 is 0. The predicted molar refractivity (Wildman–Crippen MR) is 104 cm³/mol. The fourth-order valence-electron chi connectivity index (χ4n) is 4.65. The fraction of sp³-hybridized carbons (Fsp3) is 0.409. The molecule has 2 saturated heterocycles. The average Bonchev–Trinajstić information content (AvgIpc) is 3.08. The van der Waals surface area contributed by atoms with Gasteiger partial charge in [0.05, 0.1) is 24.7 Å². The number of ether oxygens (including phenoxy) is 2. The van der Waals surface area contributed by atoms with Crippen molar-refractivity contribution in [2.45, 2.75) is 30.3 Å². The van der Waals surface area contributed by atoms with Crippen LogP contribution in [-0.4, -0.2) is 38.3 Å². The summed E-state index contributed by atoms with van der Waals surface area (Å²) in [6.45, 7) is 2.43. The molecule has 27 heavy (non-hydrogen) atoms. The van der Waals surface area contributed by atoms with Gasteiger partial charge >= 0.3 is 0 Å². The van der Waals surface area contributed by atoms with Crippen LogP contribution in [0.3, 0.4) is 0 Å². The second-order valence-electron chi connectivity index (χ2n) is 7.66. The number of carbonyl (C=O) groups is 1. The van der Waals surface area contributed by atoms with E-state index < -0.39 is 5.91 Å². The van der Waals surface area contributed by atoms with Gasteiger partial charge in [-0.15, -0.1) is 0 Å². The predicted octanol–water partition coefficient (Wildman–Crippen LogP) is 2.62. The van der Waals surface area contributed by atoms with Crippen LogP contribution in [0.2, 0.25) is 0 Å². The minimum atomic E-state index is -0.435. The molecule has 2 atom stereocenters. The zero-order chi connectivity index (χ0) is 18.9. The van der Waals surface area contributed by atoms with Gasteiger partial charge < -0.3 is 20.5 Å². The van der Waals surface area contributed by atoms with Crippen LogP contribution in [0.25, 0.3) is 0 Å². The van der Waals surface area contributed by atoms with Gasteiger partial charge in [0.1, 0.15) is 5.75 Å². The summed E-state index contributed by atoms with van der Waals surface area (Å²) in [5, 5.41) is 3.49. The number of nitrogens with one attached hydrogen (secondary N) is 1. The molecule has 2 aromatic carbocycles. The summed E-state index contributed by atoms with van der Waals surface area (Å²) in [5.41, 5.74) is 7.63. The highest BCUT2D eigenvalue weighted by molar-refractivity contribution is 5.93. The molecule has 0 saturated carbocycles. The highest BCUT2D eigenvalue weighted by atomic mass is 16.5. The van der Waals surface area contributed by atoms with Crippen molar-refractivity contribution in [1.29, 1.82) is 0 Å². The van der Waals surface area contributed by atoms with Crippen molar-refractivity contribution < 1.29 is 14.3 Å².